The van der Waals surface area contributed by atoms with E-state index in [4.69, 9.17) is 27.9 Å². The summed E-state index contributed by atoms with van der Waals surface area (Å²) in [6.45, 7) is 0.332. The van der Waals surface area contributed by atoms with Crippen molar-refractivity contribution in [3.8, 4) is 28.7 Å². The van der Waals surface area contributed by atoms with Gasteiger partial charge in [-0.2, -0.15) is 0 Å². The molecule has 0 saturated carbocycles. The van der Waals surface area contributed by atoms with Crippen molar-refractivity contribution in [3.05, 3.63) is 87.4 Å². The summed E-state index contributed by atoms with van der Waals surface area (Å²) in [5.74, 6) is 5.50. The van der Waals surface area contributed by atoms with Crippen LogP contribution in [0.2, 0.25) is 10.0 Å². The molecule has 0 spiro atoms. The van der Waals surface area contributed by atoms with Gasteiger partial charge < -0.3 is 15.2 Å². The van der Waals surface area contributed by atoms with Crippen molar-refractivity contribution in [2.75, 3.05) is 13.2 Å². The van der Waals surface area contributed by atoms with Crippen LogP contribution in [0.3, 0.4) is 0 Å². The molecular formula is C24H17Cl2NO3. The first-order valence-electron chi connectivity index (χ1n) is 9.30. The first kappa shape index (κ1) is 20.2. The van der Waals surface area contributed by atoms with Crippen molar-refractivity contribution < 1.29 is 14.6 Å². The van der Waals surface area contributed by atoms with Gasteiger partial charge in [-0.15, -0.1) is 0 Å². The number of aromatic hydroxyl groups is 1. The smallest absolute Gasteiger partial charge is 0.407 e. The van der Waals surface area contributed by atoms with Crippen molar-refractivity contribution in [3.63, 3.8) is 0 Å². The quantitative estimate of drug-likeness (QED) is 0.525. The molecule has 6 heteroatoms. The number of hydrogen-bond donors (Lipinski definition) is 2. The molecule has 2 N–H and O–H groups in total. The average molecular weight is 438 g/mol. The predicted octanol–water partition coefficient (Wildman–Crippen LogP) is 5.59. The van der Waals surface area contributed by atoms with Crippen LogP contribution in [0.1, 0.15) is 22.6 Å². The lowest BCUT2D eigenvalue weighted by Crippen LogP contribution is -2.26. The van der Waals surface area contributed by atoms with Crippen molar-refractivity contribution in [2.45, 2.75) is 5.92 Å². The molecule has 1 aliphatic rings. The van der Waals surface area contributed by atoms with Gasteiger partial charge in [-0.1, -0.05) is 83.6 Å². The lowest BCUT2D eigenvalue weighted by atomic mass is 9.98. The normalized spacial score (nSPS) is 11.8. The lowest BCUT2D eigenvalue weighted by molar-refractivity contribution is 0.144. The van der Waals surface area contributed by atoms with Crippen LogP contribution in [0.4, 0.5) is 4.79 Å². The fraction of sp³-hybridized carbons (Fsp3) is 0.125. The molecule has 3 aromatic carbocycles. The summed E-state index contributed by atoms with van der Waals surface area (Å²) in [4.78, 5) is 12.1. The largest absolute Gasteiger partial charge is 0.506 e. The summed E-state index contributed by atoms with van der Waals surface area (Å²) in [5, 5.41) is 12.6. The Morgan fingerprint density at radius 3 is 2.30 bits per heavy atom. The van der Waals surface area contributed by atoms with E-state index < -0.39 is 6.09 Å². The van der Waals surface area contributed by atoms with Crippen molar-refractivity contribution in [2.24, 2.45) is 0 Å². The van der Waals surface area contributed by atoms with Crippen LogP contribution in [0, 0.1) is 11.8 Å². The van der Waals surface area contributed by atoms with Gasteiger partial charge >= 0.3 is 6.09 Å². The number of carbonyl (C=O) groups is 1. The zero-order valence-corrected chi connectivity index (χ0v) is 17.3. The standard InChI is InChI=1S/C24H17Cl2NO3/c25-21-13-23(28)22(26)12-15(21)6-5-11-27-24(29)30-14-20-18-9-3-1-7-16(18)17-8-2-4-10-19(17)20/h1-4,7-10,12-13,20,28H,11,14H2,(H,27,29). The number of halogens is 2. The Morgan fingerprint density at radius 1 is 1.00 bits per heavy atom. The number of amides is 1. The minimum absolute atomic E-state index is 0.00665. The summed E-state index contributed by atoms with van der Waals surface area (Å²) >= 11 is 11.9. The molecule has 0 saturated heterocycles. The molecule has 0 aromatic heterocycles. The van der Waals surface area contributed by atoms with Crippen molar-refractivity contribution in [1.82, 2.24) is 5.32 Å². The summed E-state index contributed by atoms with van der Waals surface area (Å²) in [5.41, 5.74) is 5.14. The number of ether oxygens (including phenoxy) is 1. The third-order valence-electron chi connectivity index (χ3n) is 4.92. The van der Waals surface area contributed by atoms with Crippen LogP contribution in [0.5, 0.6) is 5.75 Å². The Labute approximate surface area is 184 Å². The Balaban J connectivity index is 1.36. The van der Waals surface area contributed by atoms with E-state index in [1.54, 1.807) is 0 Å². The topological polar surface area (TPSA) is 58.6 Å². The van der Waals surface area contributed by atoms with E-state index >= 15 is 0 Å². The fourth-order valence-corrected chi connectivity index (χ4v) is 3.91. The summed E-state index contributed by atoms with van der Waals surface area (Å²) < 4.78 is 5.45. The second-order valence-electron chi connectivity index (χ2n) is 6.76. The van der Waals surface area contributed by atoms with E-state index in [1.165, 1.54) is 23.3 Å². The number of fused-ring (bicyclic) bond motifs is 3. The number of nitrogens with one attached hydrogen (secondary N) is 1. The minimum atomic E-state index is -0.541. The molecular weight excluding hydrogens is 421 g/mol. The third-order valence-corrected chi connectivity index (χ3v) is 5.54. The Kier molecular flexibility index (Phi) is 5.85. The number of phenols is 1. The molecule has 0 heterocycles. The molecule has 1 amide bonds. The monoisotopic (exact) mass is 437 g/mol. The zero-order valence-electron chi connectivity index (χ0n) is 15.8. The second kappa shape index (κ2) is 8.71. The Bertz CT molecular complexity index is 1140. The Morgan fingerprint density at radius 2 is 1.63 bits per heavy atom. The molecule has 0 unspecified atom stereocenters. The molecule has 0 fully saturated rings. The predicted molar refractivity (Wildman–Crippen MR) is 118 cm³/mol. The van der Waals surface area contributed by atoms with E-state index in [-0.39, 0.29) is 34.9 Å². The van der Waals surface area contributed by atoms with Crippen LogP contribution in [-0.2, 0) is 4.74 Å². The van der Waals surface area contributed by atoms with Gasteiger partial charge in [-0.05, 0) is 28.3 Å². The molecule has 1 aliphatic carbocycles. The fourth-order valence-electron chi connectivity index (χ4n) is 3.54. The van der Waals surface area contributed by atoms with Crippen LogP contribution in [-0.4, -0.2) is 24.4 Å². The average Bonchev–Trinajstić information content (AvgIpc) is 3.07. The van der Waals surface area contributed by atoms with Gasteiger partial charge in [0.1, 0.15) is 12.4 Å². The highest BCUT2D eigenvalue weighted by Gasteiger charge is 2.28. The molecule has 0 radical (unpaired) electrons. The molecule has 0 aliphatic heterocycles. The van der Waals surface area contributed by atoms with Crippen molar-refractivity contribution >= 4 is 29.3 Å². The van der Waals surface area contributed by atoms with E-state index in [1.807, 2.05) is 24.3 Å². The van der Waals surface area contributed by atoms with E-state index in [0.29, 0.717) is 5.56 Å². The lowest BCUT2D eigenvalue weighted by Gasteiger charge is -2.14. The highest BCUT2D eigenvalue weighted by atomic mass is 35.5. The maximum Gasteiger partial charge on any atom is 0.407 e. The number of alkyl carbamates (subject to hydrolysis) is 1. The van der Waals surface area contributed by atoms with E-state index in [2.05, 4.69) is 41.4 Å². The maximum absolute atomic E-state index is 12.1. The van der Waals surface area contributed by atoms with Gasteiger partial charge in [-0.25, -0.2) is 4.79 Å². The summed E-state index contributed by atoms with van der Waals surface area (Å²) in [6.07, 6.45) is -0.541. The van der Waals surface area contributed by atoms with Gasteiger partial charge in [-0.3, -0.25) is 0 Å². The second-order valence-corrected chi connectivity index (χ2v) is 7.58. The minimum Gasteiger partial charge on any atom is -0.506 e. The van der Waals surface area contributed by atoms with Crippen LogP contribution in [0.25, 0.3) is 11.1 Å². The van der Waals surface area contributed by atoms with Gasteiger partial charge in [0.05, 0.1) is 16.6 Å². The molecule has 0 bridgehead atoms. The number of rotatable bonds is 3. The third kappa shape index (κ3) is 4.09. The molecule has 4 nitrogen and oxygen atoms in total. The highest BCUT2D eigenvalue weighted by molar-refractivity contribution is 6.35. The molecule has 0 atom stereocenters. The van der Waals surface area contributed by atoms with Gasteiger partial charge in [0.15, 0.2) is 0 Å². The van der Waals surface area contributed by atoms with Crippen LogP contribution >= 0.6 is 23.2 Å². The summed E-state index contributed by atoms with van der Waals surface area (Å²) in [6, 6.07) is 19.1. The number of benzene rings is 3. The first-order chi connectivity index (χ1) is 14.5. The number of phenolic OH excluding ortho intramolecular Hbond substituents is 1. The number of carbonyl (C=O) groups excluding carboxylic acids is 1. The number of hydrogen-bond acceptors (Lipinski definition) is 3. The van der Waals surface area contributed by atoms with Gasteiger partial charge in [0.25, 0.3) is 0 Å². The zero-order chi connectivity index (χ0) is 21.1. The highest BCUT2D eigenvalue weighted by Crippen LogP contribution is 2.44. The Hall–Kier alpha value is -3.13. The van der Waals surface area contributed by atoms with Gasteiger partial charge in [0, 0.05) is 17.5 Å². The molecule has 150 valence electrons. The first-order valence-corrected chi connectivity index (χ1v) is 10.1. The van der Waals surface area contributed by atoms with E-state index in [0.717, 1.165) is 11.1 Å². The summed E-state index contributed by atoms with van der Waals surface area (Å²) in [7, 11) is 0. The maximum atomic E-state index is 12.1. The van der Waals surface area contributed by atoms with E-state index in [9.17, 15) is 9.90 Å². The molecule has 30 heavy (non-hydrogen) atoms. The van der Waals surface area contributed by atoms with Crippen LogP contribution in [0.15, 0.2) is 60.7 Å². The molecule has 4 rings (SSSR count). The molecule has 3 aromatic rings. The van der Waals surface area contributed by atoms with Gasteiger partial charge in [0.2, 0.25) is 0 Å². The van der Waals surface area contributed by atoms with Crippen molar-refractivity contribution in [1.29, 1.82) is 0 Å². The van der Waals surface area contributed by atoms with Crippen LogP contribution < -0.4 is 5.32 Å². The SMILES string of the molecule is O=C(NCC#Cc1cc(Cl)c(O)cc1Cl)OCC1c2ccccc2-c2ccccc21.